The number of piperazine rings is 1. The summed E-state index contributed by atoms with van der Waals surface area (Å²) in [5.74, 6) is 1.43. The van der Waals surface area contributed by atoms with Crippen molar-refractivity contribution < 1.29 is 14.6 Å². The summed E-state index contributed by atoms with van der Waals surface area (Å²) in [6.07, 6.45) is 7.49. The molecular formula is C24H41N3O3. The van der Waals surface area contributed by atoms with Gasteiger partial charge in [0.15, 0.2) is 11.5 Å². The largest absolute Gasteiger partial charge is 0.493 e. The maximum absolute atomic E-state index is 10.4. The molecule has 1 aromatic rings. The van der Waals surface area contributed by atoms with Gasteiger partial charge in [-0.3, -0.25) is 4.90 Å². The van der Waals surface area contributed by atoms with Crippen LogP contribution in [-0.4, -0.2) is 80.0 Å². The summed E-state index contributed by atoms with van der Waals surface area (Å²) in [5.41, 5.74) is 1.21. The summed E-state index contributed by atoms with van der Waals surface area (Å²) in [6, 6.07) is 6.74. The van der Waals surface area contributed by atoms with Crippen LogP contribution in [0.5, 0.6) is 11.5 Å². The average molecular weight is 420 g/mol. The lowest BCUT2D eigenvalue weighted by molar-refractivity contribution is 0.0464. The highest BCUT2D eigenvalue weighted by molar-refractivity contribution is 5.43. The number of aliphatic hydroxyl groups is 1. The van der Waals surface area contributed by atoms with E-state index in [-0.39, 0.29) is 6.61 Å². The van der Waals surface area contributed by atoms with Crippen LogP contribution in [0.15, 0.2) is 18.2 Å². The fourth-order valence-corrected chi connectivity index (χ4v) is 4.51. The number of hydrogen-bond donors (Lipinski definition) is 2. The first-order valence-corrected chi connectivity index (χ1v) is 11.8. The van der Waals surface area contributed by atoms with Gasteiger partial charge in [-0.1, -0.05) is 38.7 Å². The quantitative estimate of drug-likeness (QED) is 0.569. The summed E-state index contributed by atoms with van der Waals surface area (Å²) in [4.78, 5) is 4.76. The van der Waals surface area contributed by atoms with Gasteiger partial charge >= 0.3 is 0 Å². The van der Waals surface area contributed by atoms with Crippen LogP contribution in [0.1, 0.15) is 51.0 Å². The molecule has 0 spiro atoms. The van der Waals surface area contributed by atoms with Crippen molar-refractivity contribution in [2.24, 2.45) is 0 Å². The molecule has 6 nitrogen and oxygen atoms in total. The number of hydrogen-bond acceptors (Lipinski definition) is 6. The molecule has 0 radical (unpaired) electrons. The van der Waals surface area contributed by atoms with Crippen LogP contribution in [0.2, 0.25) is 0 Å². The number of benzene rings is 1. The molecule has 0 amide bonds. The maximum Gasteiger partial charge on any atom is 0.161 e. The summed E-state index contributed by atoms with van der Waals surface area (Å²) in [7, 11) is 1.67. The first-order valence-electron chi connectivity index (χ1n) is 11.8. The normalized spacial score (nSPS) is 20.6. The van der Waals surface area contributed by atoms with Crippen LogP contribution in [0.4, 0.5) is 0 Å². The molecule has 6 heteroatoms. The Balaban J connectivity index is 1.43. The Morgan fingerprint density at radius 3 is 2.40 bits per heavy atom. The molecular weight excluding hydrogens is 378 g/mol. The molecule has 0 bridgehead atoms. The number of rotatable bonds is 10. The van der Waals surface area contributed by atoms with Crippen molar-refractivity contribution in [2.45, 2.75) is 64.1 Å². The van der Waals surface area contributed by atoms with E-state index in [1.807, 2.05) is 6.07 Å². The Morgan fingerprint density at radius 2 is 1.73 bits per heavy atom. The predicted octanol–water partition coefficient (Wildman–Crippen LogP) is 2.88. The minimum atomic E-state index is -0.500. The summed E-state index contributed by atoms with van der Waals surface area (Å²) >= 11 is 0. The topological polar surface area (TPSA) is 57.2 Å². The van der Waals surface area contributed by atoms with Crippen LogP contribution >= 0.6 is 0 Å². The third-order valence-electron chi connectivity index (χ3n) is 6.49. The standard InChI is InChI=1S/C24H41N3O3/c1-3-26-12-14-27(15-13-26)18-22(28)19-30-23-11-10-20(16-24(23)29-2)17-25-21-8-6-4-5-7-9-21/h10-11,16,21-22,25,28H,3-9,12-15,17-19H2,1-2H3/t22-/m1/s1. The van der Waals surface area contributed by atoms with E-state index in [1.165, 1.54) is 44.1 Å². The number of nitrogens with zero attached hydrogens (tertiary/aromatic N) is 2. The van der Waals surface area contributed by atoms with Gasteiger partial charge in [-0.25, -0.2) is 0 Å². The fraction of sp³-hybridized carbons (Fsp3) is 0.750. The van der Waals surface area contributed by atoms with Crippen molar-refractivity contribution in [3.8, 4) is 11.5 Å². The maximum atomic E-state index is 10.4. The van der Waals surface area contributed by atoms with Gasteiger partial charge in [-0.15, -0.1) is 0 Å². The Kier molecular flexibility index (Phi) is 9.72. The number of likely N-dealkylation sites (N-methyl/N-ethyl adjacent to an activating group) is 1. The third kappa shape index (κ3) is 7.41. The van der Waals surface area contributed by atoms with E-state index in [2.05, 4.69) is 34.2 Å². The molecule has 3 rings (SSSR count). The van der Waals surface area contributed by atoms with Crippen LogP contribution in [0.3, 0.4) is 0 Å². The Hall–Kier alpha value is -1.34. The number of ether oxygens (including phenoxy) is 2. The summed E-state index contributed by atoms with van der Waals surface area (Å²) in [6.45, 7) is 9.27. The summed E-state index contributed by atoms with van der Waals surface area (Å²) in [5, 5.41) is 14.1. The molecule has 1 heterocycles. The van der Waals surface area contributed by atoms with Gasteiger partial charge in [-0.05, 0) is 37.1 Å². The highest BCUT2D eigenvalue weighted by Gasteiger charge is 2.19. The van der Waals surface area contributed by atoms with Gasteiger partial charge < -0.3 is 24.8 Å². The molecule has 1 atom stereocenters. The van der Waals surface area contributed by atoms with Crippen LogP contribution in [-0.2, 0) is 6.54 Å². The first-order chi connectivity index (χ1) is 14.7. The van der Waals surface area contributed by atoms with Crippen molar-refractivity contribution in [1.29, 1.82) is 0 Å². The lowest BCUT2D eigenvalue weighted by atomic mass is 10.1. The molecule has 2 N–H and O–H groups in total. The average Bonchev–Trinajstić information content (AvgIpc) is 3.06. The highest BCUT2D eigenvalue weighted by Crippen LogP contribution is 2.28. The van der Waals surface area contributed by atoms with Gasteiger partial charge in [0.05, 0.1) is 7.11 Å². The Labute approximate surface area is 182 Å². The van der Waals surface area contributed by atoms with Gasteiger partial charge in [0.25, 0.3) is 0 Å². The second-order valence-electron chi connectivity index (χ2n) is 8.75. The van der Waals surface area contributed by atoms with E-state index in [4.69, 9.17) is 9.47 Å². The highest BCUT2D eigenvalue weighted by atomic mass is 16.5. The zero-order chi connectivity index (χ0) is 21.2. The lowest BCUT2D eigenvalue weighted by Crippen LogP contribution is -2.49. The molecule has 1 saturated carbocycles. The number of β-amino-alcohol motifs (C(OH)–C–C–N with tert-alkyl or cyclic N) is 1. The smallest absolute Gasteiger partial charge is 0.161 e. The van der Waals surface area contributed by atoms with Crippen molar-refractivity contribution in [1.82, 2.24) is 15.1 Å². The SMILES string of the molecule is CCN1CCN(C[C@@H](O)COc2ccc(CNC3CCCCCC3)cc2OC)CC1. The van der Waals surface area contributed by atoms with Crippen molar-refractivity contribution >= 4 is 0 Å². The zero-order valence-electron chi connectivity index (χ0n) is 18.9. The minimum absolute atomic E-state index is 0.282. The van der Waals surface area contributed by atoms with E-state index in [0.717, 1.165) is 45.0 Å². The van der Waals surface area contributed by atoms with E-state index in [1.54, 1.807) is 7.11 Å². The van der Waals surface area contributed by atoms with E-state index in [0.29, 0.717) is 18.3 Å². The van der Waals surface area contributed by atoms with Crippen LogP contribution in [0.25, 0.3) is 0 Å². The van der Waals surface area contributed by atoms with Gasteiger partial charge in [0.1, 0.15) is 12.7 Å². The fourth-order valence-electron chi connectivity index (χ4n) is 4.51. The van der Waals surface area contributed by atoms with Crippen molar-refractivity contribution in [2.75, 3.05) is 53.0 Å². The predicted molar refractivity (Wildman–Crippen MR) is 121 cm³/mol. The van der Waals surface area contributed by atoms with E-state index in [9.17, 15) is 5.11 Å². The summed E-state index contributed by atoms with van der Waals surface area (Å²) < 4.78 is 11.5. The molecule has 170 valence electrons. The Morgan fingerprint density at radius 1 is 1.03 bits per heavy atom. The molecule has 0 aromatic heterocycles. The monoisotopic (exact) mass is 419 g/mol. The molecule has 0 unspecified atom stereocenters. The van der Waals surface area contributed by atoms with Gasteiger partial charge in [-0.2, -0.15) is 0 Å². The lowest BCUT2D eigenvalue weighted by Gasteiger charge is -2.34. The van der Waals surface area contributed by atoms with Gasteiger partial charge in [0, 0.05) is 45.3 Å². The first kappa shape index (κ1) is 23.3. The van der Waals surface area contributed by atoms with Crippen LogP contribution in [0, 0.1) is 0 Å². The molecule has 1 aliphatic heterocycles. The van der Waals surface area contributed by atoms with Crippen molar-refractivity contribution in [3.05, 3.63) is 23.8 Å². The van der Waals surface area contributed by atoms with Crippen LogP contribution < -0.4 is 14.8 Å². The van der Waals surface area contributed by atoms with Crippen molar-refractivity contribution in [3.63, 3.8) is 0 Å². The number of nitrogens with one attached hydrogen (secondary N) is 1. The zero-order valence-corrected chi connectivity index (χ0v) is 18.9. The molecule has 2 fully saturated rings. The third-order valence-corrected chi connectivity index (χ3v) is 6.49. The molecule has 2 aliphatic rings. The molecule has 1 aliphatic carbocycles. The van der Waals surface area contributed by atoms with E-state index < -0.39 is 6.10 Å². The number of methoxy groups -OCH3 is 1. The Bertz CT molecular complexity index is 612. The number of aliphatic hydroxyl groups excluding tert-OH is 1. The second-order valence-corrected chi connectivity index (χ2v) is 8.75. The molecule has 1 saturated heterocycles. The van der Waals surface area contributed by atoms with E-state index >= 15 is 0 Å². The van der Waals surface area contributed by atoms with Gasteiger partial charge in [0.2, 0.25) is 0 Å². The molecule has 1 aromatic carbocycles. The second kappa shape index (κ2) is 12.5. The minimum Gasteiger partial charge on any atom is -0.493 e. The molecule has 30 heavy (non-hydrogen) atoms.